The lowest BCUT2D eigenvalue weighted by molar-refractivity contribution is 0.629. The molecule has 19 rings (SSSR count). The van der Waals surface area contributed by atoms with E-state index in [0.29, 0.717) is 5.69 Å². The first-order valence-corrected chi connectivity index (χ1v) is 34.6. The Kier molecular flexibility index (Phi) is 14.1. The van der Waals surface area contributed by atoms with Gasteiger partial charge in [-0.3, -0.25) is 0 Å². The molecule has 0 atom stereocenters. The van der Waals surface area contributed by atoms with E-state index in [4.69, 9.17) is 0 Å². The quantitative estimate of drug-likeness (QED) is 0.113. The van der Waals surface area contributed by atoms with Crippen LogP contribution in [0.1, 0.15) is 0 Å². The molecule has 4 aliphatic rings. The molecule has 4 aliphatic heterocycles. The molecule has 0 amide bonds. The molecule has 0 unspecified atom stereocenters. The highest BCUT2D eigenvalue weighted by molar-refractivity contribution is 8.00. The third-order valence-electron chi connectivity index (χ3n) is 20.1. The van der Waals surface area contributed by atoms with Gasteiger partial charge in [-0.15, -0.1) is 0 Å². The van der Waals surface area contributed by atoms with Crippen LogP contribution >= 0.6 is 11.8 Å². The van der Waals surface area contributed by atoms with E-state index in [1.54, 1.807) is 6.07 Å². The summed E-state index contributed by atoms with van der Waals surface area (Å²) in [6.45, 7) is -0.489. The Labute approximate surface area is 581 Å². The first-order valence-electron chi connectivity index (χ1n) is 33.8. The molecular formula is C90H60B2FN5S. The van der Waals surface area contributed by atoms with Gasteiger partial charge in [0.2, 0.25) is 6.71 Å². The zero-order valence-electron chi connectivity index (χ0n) is 53.8. The van der Waals surface area contributed by atoms with E-state index in [1.807, 2.05) is 23.9 Å². The summed E-state index contributed by atoms with van der Waals surface area (Å²) in [4.78, 5) is 14.3. The SMILES string of the molecule is Fc1cccc(-c2ccccc2)c1N1c2cc3c(cc2B2c4ccccc4N(c4ccccc4)c4cc(N(c5ccc(-c6ccccc6)cc5)c5ccccc5-c5ccccc5)cc1c42)B1c2ccccc2N(c2ccccc2)c2cc(N(c4ccccc4)c4ccccc4)cc(c21)S3. The lowest BCUT2D eigenvalue weighted by Gasteiger charge is -2.46. The molecular weight excluding hydrogens is 1220 g/mol. The maximum Gasteiger partial charge on any atom is 0.252 e. The highest BCUT2D eigenvalue weighted by atomic mass is 32.2. The summed E-state index contributed by atoms with van der Waals surface area (Å²) in [5.41, 5.74) is 27.9. The number of hydrogen-bond donors (Lipinski definition) is 0. The molecule has 99 heavy (non-hydrogen) atoms. The molecule has 15 aromatic carbocycles. The first-order chi connectivity index (χ1) is 49.1. The van der Waals surface area contributed by atoms with Crippen LogP contribution in [0, 0.1) is 5.82 Å². The third-order valence-corrected chi connectivity index (χ3v) is 21.2. The smallest absolute Gasteiger partial charge is 0.252 e. The summed E-state index contributed by atoms with van der Waals surface area (Å²) < 4.78 is 18.8. The van der Waals surface area contributed by atoms with E-state index in [2.05, 4.69) is 370 Å². The fraction of sp³-hybridized carbons (Fsp3) is 0. The lowest BCUT2D eigenvalue weighted by atomic mass is 9.31. The van der Waals surface area contributed by atoms with Crippen molar-refractivity contribution in [2.24, 2.45) is 0 Å². The number of para-hydroxylation sites is 8. The van der Waals surface area contributed by atoms with Gasteiger partial charge in [0.15, 0.2) is 0 Å². The molecule has 0 N–H and O–H groups in total. The van der Waals surface area contributed by atoms with E-state index < -0.39 is 0 Å². The Bertz CT molecular complexity index is 5540. The molecule has 0 radical (unpaired) electrons. The second-order valence-electron chi connectivity index (χ2n) is 25.6. The Morgan fingerprint density at radius 2 is 0.697 bits per heavy atom. The number of benzene rings is 15. The van der Waals surface area contributed by atoms with Gasteiger partial charge in [-0.2, -0.15) is 0 Å². The Balaban J connectivity index is 0.915. The molecule has 4 heterocycles. The Hall–Kier alpha value is -12.3. The second-order valence-corrected chi connectivity index (χ2v) is 26.7. The average Bonchev–Trinajstić information content (AvgIpc) is 0.687. The van der Waals surface area contributed by atoms with Crippen molar-refractivity contribution in [1.82, 2.24) is 0 Å². The van der Waals surface area contributed by atoms with Gasteiger partial charge in [0.1, 0.15) is 5.82 Å². The first kappa shape index (κ1) is 58.1. The van der Waals surface area contributed by atoms with Gasteiger partial charge in [0.25, 0.3) is 6.71 Å². The van der Waals surface area contributed by atoms with Gasteiger partial charge < -0.3 is 24.5 Å². The highest BCUT2D eigenvalue weighted by Crippen LogP contribution is 2.54. The Morgan fingerprint density at radius 1 is 0.263 bits per heavy atom. The van der Waals surface area contributed by atoms with E-state index in [-0.39, 0.29) is 19.2 Å². The van der Waals surface area contributed by atoms with Gasteiger partial charge in [-0.05, 0) is 165 Å². The minimum atomic E-state index is -0.326. The number of fused-ring (bicyclic) bond motifs is 8. The molecule has 0 saturated heterocycles. The normalized spacial score (nSPS) is 12.8. The zero-order chi connectivity index (χ0) is 65.5. The molecule has 0 aromatic heterocycles. The largest absolute Gasteiger partial charge is 0.311 e. The highest BCUT2D eigenvalue weighted by Gasteiger charge is 2.48. The van der Waals surface area contributed by atoms with Gasteiger partial charge in [0, 0.05) is 89.2 Å². The van der Waals surface area contributed by atoms with Crippen molar-refractivity contribution in [2.75, 3.05) is 24.5 Å². The van der Waals surface area contributed by atoms with Gasteiger partial charge >= 0.3 is 0 Å². The Morgan fingerprint density at radius 3 is 1.28 bits per heavy atom. The van der Waals surface area contributed by atoms with Crippen molar-refractivity contribution in [3.05, 3.63) is 370 Å². The molecule has 0 spiro atoms. The summed E-state index contributed by atoms with van der Waals surface area (Å²) in [6.07, 6.45) is 0. The monoisotopic (exact) mass is 1280 g/mol. The summed E-state index contributed by atoms with van der Waals surface area (Å²) >= 11 is 1.82. The van der Waals surface area contributed by atoms with Crippen LogP contribution in [0.3, 0.4) is 0 Å². The van der Waals surface area contributed by atoms with Gasteiger partial charge in [0.05, 0.1) is 17.1 Å². The average molecular weight is 1280 g/mol. The standard InChI is InChI=1S/C90H60B2FN5S/c93-78-47-28-44-73(64-33-12-3-13-34-64)90(78)98-82-60-86-77(92-75-46-24-27-50-81(75)97(68-41-20-7-21-42-68)85-57-71(58-87(99-86)89(85)92)94(65-35-14-4-15-36-65)66-37-16-5-17-38-66)59-76(82)91-74-45-23-26-49-80(74)96(67-39-18-6-19-40-67)83-55-70(56-84(98)88(83)91)95(69-53-51-62(52-54-69)61-29-8-1-9-30-61)79-48-25-22-43-72(79)63-31-10-2-11-32-63/h1-60H. The number of halogens is 1. The molecule has 9 heteroatoms. The van der Waals surface area contributed by atoms with Crippen LogP contribution in [-0.4, -0.2) is 13.4 Å². The minimum Gasteiger partial charge on any atom is -0.311 e. The van der Waals surface area contributed by atoms with E-state index >= 15 is 4.39 Å². The summed E-state index contributed by atoms with van der Waals surface area (Å²) in [5.74, 6) is -0.326. The minimum absolute atomic E-state index is 0.181. The predicted octanol–water partition coefficient (Wildman–Crippen LogP) is 20.6. The lowest BCUT2D eigenvalue weighted by Crippen LogP contribution is -2.64. The van der Waals surface area contributed by atoms with Crippen molar-refractivity contribution in [2.45, 2.75) is 9.79 Å². The van der Waals surface area contributed by atoms with Crippen molar-refractivity contribution in [3.8, 4) is 33.4 Å². The molecule has 0 fully saturated rings. The number of nitrogens with zero attached hydrogens (tertiary/aromatic N) is 5. The molecule has 0 aliphatic carbocycles. The maximum atomic E-state index is 18.8. The third kappa shape index (κ3) is 9.71. The zero-order valence-corrected chi connectivity index (χ0v) is 54.6. The number of rotatable bonds is 12. The molecule has 0 bridgehead atoms. The molecule has 15 aromatic rings. The van der Waals surface area contributed by atoms with E-state index in [1.165, 1.54) is 21.9 Å². The number of anilines is 15. The predicted molar refractivity (Wildman–Crippen MR) is 416 cm³/mol. The number of hydrogen-bond acceptors (Lipinski definition) is 6. The van der Waals surface area contributed by atoms with Crippen molar-refractivity contribution in [3.63, 3.8) is 0 Å². The maximum absolute atomic E-state index is 18.8. The molecule has 5 nitrogen and oxygen atoms in total. The second kappa shape index (κ2) is 24.1. The van der Waals surface area contributed by atoms with E-state index in [9.17, 15) is 0 Å². The van der Waals surface area contributed by atoms with Crippen LogP contribution in [0.4, 0.5) is 89.7 Å². The van der Waals surface area contributed by atoms with Crippen molar-refractivity contribution in [1.29, 1.82) is 0 Å². The fourth-order valence-corrected chi connectivity index (χ4v) is 17.1. The van der Waals surface area contributed by atoms with Crippen LogP contribution in [0.2, 0.25) is 0 Å². The summed E-state index contributed by atoms with van der Waals surface area (Å²) in [5, 5.41) is 0. The fourth-order valence-electron chi connectivity index (χ4n) is 15.9. The van der Waals surface area contributed by atoms with Gasteiger partial charge in [-0.1, -0.05) is 266 Å². The van der Waals surface area contributed by atoms with Crippen molar-refractivity contribution >= 4 is 143 Å². The van der Waals surface area contributed by atoms with Gasteiger partial charge in [-0.25, -0.2) is 4.39 Å². The van der Waals surface area contributed by atoms with Crippen LogP contribution in [0.25, 0.3) is 33.4 Å². The van der Waals surface area contributed by atoms with Crippen LogP contribution in [0.5, 0.6) is 0 Å². The molecule has 464 valence electrons. The van der Waals surface area contributed by atoms with Crippen molar-refractivity contribution < 1.29 is 4.39 Å². The topological polar surface area (TPSA) is 16.2 Å². The van der Waals surface area contributed by atoms with Crippen LogP contribution in [-0.2, 0) is 0 Å². The van der Waals surface area contributed by atoms with E-state index in [0.717, 1.165) is 134 Å². The summed E-state index contributed by atoms with van der Waals surface area (Å²) in [7, 11) is 0. The summed E-state index contributed by atoms with van der Waals surface area (Å²) in [6, 6.07) is 131. The molecule has 0 saturated carbocycles. The van der Waals surface area contributed by atoms with Crippen LogP contribution in [0.15, 0.2) is 374 Å². The van der Waals surface area contributed by atoms with Crippen LogP contribution < -0.4 is 57.3 Å².